The normalized spacial score (nSPS) is 19.6. The molecule has 0 N–H and O–H groups in total. The molecule has 0 amide bonds. The van der Waals surface area contributed by atoms with Crippen LogP contribution in [0.3, 0.4) is 0 Å². The molecular formula is C14H20BrN. The first-order chi connectivity index (χ1) is 7.83. The van der Waals surface area contributed by atoms with E-state index < -0.39 is 0 Å². The zero-order valence-corrected chi connectivity index (χ0v) is 11.5. The van der Waals surface area contributed by atoms with Crippen molar-refractivity contribution in [3.63, 3.8) is 0 Å². The third-order valence-electron chi connectivity index (χ3n) is 3.29. The van der Waals surface area contributed by atoms with Crippen molar-refractivity contribution in [2.45, 2.75) is 44.0 Å². The lowest BCUT2D eigenvalue weighted by atomic mass is 10.0. The van der Waals surface area contributed by atoms with Crippen LogP contribution >= 0.6 is 15.9 Å². The van der Waals surface area contributed by atoms with E-state index in [0.717, 1.165) is 0 Å². The number of fused-ring (bicyclic) bond motifs is 1. The number of benzene rings is 1. The molecule has 1 heterocycles. The van der Waals surface area contributed by atoms with Crippen LogP contribution in [0.15, 0.2) is 24.3 Å². The van der Waals surface area contributed by atoms with Gasteiger partial charge in [-0.25, -0.2) is 0 Å². The van der Waals surface area contributed by atoms with Crippen LogP contribution in [-0.2, 0) is 6.42 Å². The quantitative estimate of drug-likeness (QED) is 0.451. The number of alkyl halides is 1. The van der Waals surface area contributed by atoms with Crippen LogP contribution in [-0.4, -0.2) is 11.5 Å². The molecule has 1 aromatic carbocycles. The van der Waals surface area contributed by atoms with Gasteiger partial charge in [0.1, 0.15) is 0 Å². The van der Waals surface area contributed by atoms with E-state index >= 15 is 0 Å². The van der Waals surface area contributed by atoms with Crippen LogP contribution in [0, 0.1) is 0 Å². The smallest absolute Gasteiger partial charge is 0.0849 e. The van der Waals surface area contributed by atoms with Crippen molar-refractivity contribution < 1.29 is 0 Å². The fourth-order valence-electron chi connectivity index (χ4n) is 2.38. The van der Waals surface area contributed by atoms with Crippen molar-refractivity contribution in [3.05, 3.63) is 29.8 Å². The Morgan fingerprint density at radius 2 is 2.12 bits per heavy atom. The molecule has 0 saturated heterocycles. The zero-order valence-electron chi connectivity index (χ0n) is 9.95. The fraction of sp³-hybridized carbons (Fsp3) is 0.571. The predicted octanol–water partition coefficient (Wildman–Crippen LogP) is 4.35. The van der Waals surface area contributed by atoms with E-state index in [1.165, 1.54) is 49.9 Å². The number of para-hydroxylation sites is 1. The maximum atomic E-state index is 3.80. The summed E-state index contributed by atoms with van der Waals surface area (Å²) in [6.45, 7) is 3.44. The van der Waals surface area contributed by atoms with Gasteiger partial charge in [0.25, 0.3) is 0 Å². The summed E-state index contributed by atoms with van der Waals surface area (Å²) in [5, 5.41) is 0. The molecule has 0 aliphatic carbocycles. The van der Waals surface area contributed by atoms with Gasteiger partial charge < -0.3 is 4.90 Å². The maximum absolute atomic E-state index is 3.80. The lowest BCUT2D eigenvalue weighted by Gasteiger charge is -2.36. The standard InChI is InChI=1S/C14H20BrN/c1-2-3-6-11-16-13-8-5-4-7-12(13)9-10-14(16)15/h4-5,7-8,14H,2-3,6,9-11H2,1H3. The van der Waals surface area contributed by atoms with Gasteiger partial charge in [0.05, 0.1) is 4.95 Å². The van der Waals surface area contributed by atoms with Gasteiger partial charge in [-0.15, -0.1) is 0 Å². The van der Waals surface area contributed by atoms with Gasteiger partial charge in [0, 0.05) is 12.2 Å². The van der Waals surface area contributed by atoms with Crippen molar-refractivity contribution in [1.29, 1.82) is 0 Å². The third-order valence-corrected chi connectivity index (χ3v) is 4.25. The summed E-state index contributed by atoms with van der Waals surface area (Å²) in [4.78, 5) is 3.05. The maximum Gasteiger partial charge on any atom is 0.0849 e. The van der Waals surface area contributed by atoms with Crippen LogP contribution in [0.1, 0.15) is 38.2 Å². The topological polar surface area (TPSA) is 3.24 Å². The molecule has 16 heavy (non-hydrogen) atoms. The highest BCUT2D eigenvalue weighted by Gasteiger charge is 2.22. The summed E-state index contributed by atoms with van der Waals surface area (Å²) in [5.74, 6) is 0. The van der Waals surface area contributed by atoms with E-state index in [1.807, 2.05) is 0 Å². The van der Waals surface area contributed by atoms with E-state index in [-0.39, 0.29) is 0 Å². The summed E-state index contributed by atoms with van der Waals surface area (Å²) in [6, 6.07) is 8.82. The van der Waals surface area contributed by atoms with Gasteiger partial charge >= 0.3 is 0 Å². The summed E-state index contributed by atoms with van der Waals surface area (Å²) < 4.78 is 0. The second-order valence-electron chi connectivity index (χ2n) is 4.50. The Hall–Kier alpha value is -0.500. The molecule has 1 unspecified atom stereocenters. The molecule has 1 aliphatic rings. The predicted molar refractivity (Wildman–Crippen MR) is 74.3 cm³/mol. The number of hydrogen-bond acceptors (Lipinski definition) is 1. The average molecular weight is 282 g/mol. The number of rotatable bonds is 4. The lowest BCUT2D eigenvalue weighted by molar-refractivity contribution is 0.619. The van der Waals surface area contributed by atoms with Gasteiger partial charge in [-0.3, -0.25) is 0 Å². The molecule has 88 valence electrons. The number of nitrogens with zero attached hydrogens (tertiary/aromatic N) is 1. The Labute approximate surface area is 107 Å². The summed E-state index contributed by atoms with van der Waals surface area (Å²) in [5.41, 5.74) is 2.95. The van der Waals surface area contributed by atoms with Crippen molar-refractivity contribution in [1.82, 2.24) is 0 Å². The second kappa shape index (κ2) is 5.72. The lowest BCUT2D eigenvalue weighted by Crippen LogP contribution is -2.36. The van der Waals surface area contributed by atoms with E-state index in [4.69, 9.17) is 0 Å². The van der Waals surface area contributed by atoms with Gasteiger partial charge in [-0.1, -0.05) is 53.9 Å². The molecule has 0 fully saturated rings. The minimum atomic E-state index is 0.527. The number of anilines is 1. The van der Waals surface area contributed by atoms with E-state index in [2.05, 4.69) is 52.0 Å². The minimum Gasteiger partial charge on any atom is -0.359 e. The van der Waals surface area contributed by atoms with Crippen LogP contribution in [0.25, 0.3) is 0 Å². The molecule has 1 atom stereocenters. The van der Waals surface area contributed by atoms with E-state index in [0.29, 0.717) is 4.95 Å². The first-order valence-electron chi connectivity index (χ1n) is 6.31. The molecule has 1 nitrogen and oxygen atoms in total. The summed E-state index contributed by atoms with van der Waals surface area (Å²) in [6.07, 6.45) is 6.35. The van der Waals surface area contributed by atoms with E-state index in [1.54, 1.807) is 0 Å². The molecule has 2 heteroatoms. The van der Waals surface area contributed by atoms with Crippen molar-refractivity contribution in [2.24, 2.45) is 0 Å². The molecule has 0 spiro atoms. The van der Waals surface area contributed by atoms with Crippen LogP contribution < -0.4 is 4.90 Å². The Morgan fingerprint density at radius 3 is 2.94 bits per heavy atom. The number of hydrogen-bond donors (Lipinski definition) is 0. The van der Waals surface area contributed by atoms with Crippen LogP contribution in [0.4, 0.5) is 5.69 Å². The number of halogens is 1. The SMILES string of the molecule is CCCCCN1c2ccccc2CCC1Br. The second-order valence-corrected chi connectivity index (χ2v) is 5.56. The molecule has 0 saturated carbocycles. The average Bonchev–Trinajstić information content (AvgIpc) is 2.32. The first-order valence-corrected chi connectivity index (χ1v) is 7.23. The minimum absolute atomic E-state index is 0.527. The van der Waals surface area contributed by atoms with Crippen LogP contribution in [0.2, 0.25) is 0 Å². The van der Waals surface area contributed by atoms with Gasteiger partial charge in [0.2, 0.25) is 0 Å². The fourth-order valence-corrected chi connectivity index (χ4v) is 3.03. The summed E-state index contributed by atoms with van der Waals surface area (Å²) >= 11 is 3.80. The van der Waals surface area contributed by atoms with Gasteiger partial charge in [-0.05, 0) is 30.9 Å². The highest BCUT2D eigenvalue weighted by atomic mass is 79.9. The Bertz CT molecular complexity index is 337. The third kappa shape index (κ3) is 2.60. The molecule has 2 rings (SSSR count). The Morgan fingerprint density at radius 1 is 1.31 bits per heavy atom. The molecule has 0 bridgehead atoms. The first kappa shape index (κ1) is 12.0. The largest absolute Gasteiger partial charge is 0.359 e. The van der Waals surface area contributed by atoms with Crippen LogP contribution in [0.5, 0.6) is 0 Å². The van der Waals surface area contributed by atoms with E-state index in [9.17, 15) is 0 Å². The Balaban J connectivity index is 2.10. The molecule has 0 aromatic heterocycles. The van der Waals surface area contributed by atoms with Crippen molar-refractivity contribution in [3.8, 4) is 0 Å². The molecular weight excluding hydrogens is 262 g/mol. The van der Waals surface area contributed by atoms with Crippen molar-refractivity contribution >= 4 is 21.6 Å². The van der Waals surface area contributed by atoms with Crippen molar-refractivity contribution in [2.75, 3.05) is 11.4 Å². The monoisotopic (exact) mass is 281 g/mol. The molecule has 1 aliphatic heterocycles. The number of aryl methyl sites for hydroxylation is 1. The highest BCUT2D eigenvalue weighted by Crippen LogP contribution is 2.33. The highest BCUT2D eigenvalue weighted by molar-refractivity contribution is 9.09. The Kier molecular flexibility index (Phi) is 4.28. The van der Waals surface area contributed by atoms with Gasteiger partial charge in [0.15, 0.2) is 0 Å². The van der Waals surface area contributed by atoms with Gasteiger partial charge in [-0.2, -0.15) is 0 Å². The number of unbranched alkanes of at least 4 members (excludes halogenated alkanes) is 2. The molecule has 0 radical (unpaired) electrons. The zero-order chi connectivity index (χ0) is 11.4. The molecule has 1 aromatic rings. The summed E-state index contributed by atoms with van der Waals surface area (Å²) in [7, 11) is 0.